The Morgan fingerprint density at radius 2 is 1.66 bits per heavy atom. The van der Waals surface area contributed by atoms with Crippen molar-refractivity contribution in [2.75, 3.05) is 25.9 Å². The number of likely N-dealkylation sites (tertiary alicyclic amines) is 1. The second kappa shape index (κ2) is 8.14. The van der Waals surface area contributed by atoms with Crippen LogP contribution in [0.5, 0.6) is 0 Å². The summed E-state index contributed by atoms with van der Waals surface area (Å²) in [5, 5.41) is 0. The maximum atomic E-state index is 12.6. The zero-order chi connectivity index (χ0) is 21.2. The molecule has 0 spiro atoms. The summed E-state index contributed by atoms with van der Waals surface area (Å²) >= 11 is 0. The van der Waals surface area contributed by atoms with E-state index in [1.54, 1.807) is 18.2 Å². The molecule has 2 aromatic rings. The van der Waals surface area contributed by atoms with Gasteiger partial charge in [-0.1, -0.05) is 24.3 Å². The van der Waals surface area contributed by atoms with Gasteiger partial charge in [0.05, 0.1) is 12.7 Å². The highest BCUT2D eigenvalue weighted by Gasteiger charge is 2.43. The van der Waals surface area contributed by atoms with Crippen molar-refractivity contribution in [3.8, 4) is 11.1 Å². The van der Waals surface area contributed by atoms with Crippen molar-refractivity contribution in [1.82, 2.24) is 4.90 Å². The summed E-state index contributed by atoms with van der Waals surface area (Å²) in [6, 6.07) is 12.6. The molecule has 1 amide bonds. The van der Waals surface area contributed by atoms with Crippen molar-refractivity contribution in [2.45, 2.75) is 24.9 Å². The number of halogens is 3. The van der Waals surface area contributed by atoms with Crippen LogP contribution in [0.4, 0.5) is 18.9 Å². The largest absolute Gasteiger partial charge is 0.471 e. The van der Waals surface area contributed by atoms with Gasteiger partial charge in [0.1, 0.15) is 0 Å². The minimum atomic E-state index is -4.82. The van der Waals surface area contributed by atoms with Crippen LogP contribution in [0.3, 0.4) is 0 Å². The smallest absolute Gasteiger partial charge is 0.465 e. The Kier molecular flexibility index (Phi) is 5.81. The lowest BCUT2D eigenvalue weighted by molar-refractivity contribution is -0.186. The van der Waals surface area contributed by atoms with Crippen LogP contribution in [-0.4, -0.2) is 43.2 Å². The topological polar surface area (TPSA) is 72.6 Å². The summed E-state index contributed by atoms with van der Waals surface area (Å²) in [5.74, 6) is -2.16. The van der Waals surface area contributed by atoms with Crippen LogP contribution in [0.15, 0.2) is 42.5 Å². The van der Waals surface area contributed by atoms with E-state index < -0.39 is 18.1 Å². The highest BCUT2D eigenvalue weighted by atomic mass is 19.4. The third-order valence-corrected chi connectivity index (χ3v) is 5.12. The van der Waals surface area contributed by atoms with E-state index in [0.29, 0.717) is 24.1 Å². The summed E-state index contributed by atoms with van der Waals surface area (Å²) in [4.78, 5) is 24.0. The molecule has 1 fully saturated rings. The zero-order valence-corrected chi connectivity index (χ0v) is 15.8. The molecule has 1 aliphatic heterocycles. The Balaban J connectivity index is 1.71. The van der Waals surface area contributed by atoms with Crippen LogP contribution in [-0.2, 0) is 9.53 Å². The number of benzene rings is 2. The molecule has 1 aliphatic rings. The number of ether oxygens (including phenoxy) is 1. The maximum absolute atomic E-state index is 12.6. The standard InChI is InChI=1S/C21H21F3N2O3/c1-29-19(27)17-10-16(11-18(25)12-17)14-4-2-13(3-5-14)15-6-8-26(9-7-15)20(28)21(22,23)24/h2-5,10-12,15H,6-9,25H2,1H3. The Morgan fingerprint density at radius 3 is 2.21 bits per heavy atom. The van der Waals surface area contributed by atoms with Crippen LogP contribution < -0.4 is 5.73 Å². The van der Waals surface area contributed by atoms with E-state index >= 15 is 0 Å². The van der Waals surface area contributed by atoms with Crippen molar-refractivity contribution in [3.63, 3.8) is 0 Å². The number of carbonyl (C=O) groups is 2. The first-order valence-electron chi connectivity index (χ1n) is 9.14. The zero-order valence-electron chi connectivity index (χ0n) is 15.8. The lowest BCUT2D eigenvalue weighted by Gasteiger charge is -2.32. The number of methoxy groups -OCH3 is 1. The van der Waals surface area contributed by atoms with E-state index in [1.807, 2.05) is 24.3 Å². The van der Waals surface area contributed by atoms with Gasteiger partial charge in [-0.25, -0.2) is 4.79 Å². The quantitative estimate of drug-likeness (QED) is 0.618. The van der Waals surface area contributed by atoms with Crippen molar-refractivity contribution in [3.05, 3.63) is 53.6 Å². The number of amides is 1. The van der Waals surface area contributed by atoms with Crippen molar-refractivity contribution in [1.29, 1.82) is 0 Å². The molecular weight excluding hydrogens is 385 g/mol. The molecule has 0 aromatic heterocycles. The lowest BCUT2D eigenvalue weighted by atomic mass is 9.88. The van der Waals surface area contributed by atoms with Gasteiger partial charge in [-0.3, -0.25) is 4.79 Å². The molecule has 2 aromatic carbocycles. The van der Waals surface area contributed by atoms with Gasteiger partial charge in [0.2, 0.25) is 0 Å². The van der Waals surface area contributed by atoms with Gasteiger partial charge in [-0.15, -0.1) is 0 Å². The molecule has 2 N–H and O–H groups in total. The van der Waals surface area contributed by atoms with Crippen LogP contribution in [0.2, 0.25) is 0 Å². The lowest BCUT2D eigenvalue weighted by Crippen LogP contribution is -2.45. The molecule has 154 valence electrons. The summed E-state index contributed by atoms with van der Waals surface area (Å²) in [7, 11) is 1.30. The molecule has 0 unspecified atom stereocenters. The average Bonchev–Trinajstić information content (AvgIpc) is 2.71. The van der Waals surface area contributed by atoms with Gasteiger partial charge in [0.25, 0.3) is 0 Å². The first kappa shape index (κ1) is 20.7. The molecule has 3 rings (SSSR count). The first-order valence-corrected chi connectivity index (χ1v) is 9.14. The van der Waals surface area contributed by atoms with E-state index in [9.17, 15) is 22.8 Å². The predicted molar refractivity (Wildman–Crippen MR) is 102 cm³/mol. The number of nitrogen functional groups attached to an aromatic ring is 1. The second-order valence-electron chi connectivity index (χ2n) is 7.02. The summed E-state index contributed by atoms with van der Waals surface area (Å²) < 4.78 is 42.4. The second-order valence-corrected chi connectivity index (χ2v) is 7.02. The number of alkyl halides is 3. The fourth-order valence-electron chi connectivity index (χ4n) is 3.60. The van der Waals surface area contributed by atoms with Gasteiger partial charge in [0, 0.05) is 18.8 Å². The third kappa shape index (κ3) is 4.70. The fraction of sp³-hybridized carbons (Fsp3) is 0.333. The Morgan fingerprint density at radius 1 is 1.03 bits per heavy atom. The number of rotatable bonds is 3. The minimum absolute atomic E-state index is 0.0858. The molecule has 1 saturated heterocycles. The molecule has 0 saturated carbocycles. The third-order valence-electron chi connectivity index (χ3n) is 5.12. The van der Waals surface area contributed by atoms with Gasteiger partial charge < -0.3 is 15.4 Å². The van der Waals surface area contributed by atoms with Crippen LogP contribution in [0.1, 0.15) is 34.7 Å². The molecule has 1 heterocycles. The number of hydrogen-bond donors (Lipinski definition) is 1. The van der Waals surface area contributed by atoms with Gasteiger partial charge in [-0.2, -0.15) is 13.2 Å². The van der Waals surface area contributed by atoms with Crippen molar-refractivity contribution < 1.29 is 27.5 Å². The SMILES string of the molecule is COC(=O)c1cc(N)cc(-c2ccc(C3CCN(C(=O)C(F)(F)F)CC3)cc2)c1. The molecule has 5 nitrogen and oxygen atoms in total. The molecule has 8 heteroatoms. The number of esters is 1. The van der Waals surface area contributed by atoms with E-state index in [1.165, 1.54) is 7.11 Å². The number of nitrogens with zero attached hydrogens (tertiary/aromatic N) is 1. The van der Waals surface area contributed by atoms with Gasteiger partial charge in [-0.05, 0) is 53.6 Å². The molecule has 0 atom stereocenters. The number of nitrogens with two attached hydrogens (primary N) is 1. The summed E-state index contributed by atoms with van der Waals surface area (Å²) in [5.41, 5.74) is 9.31. The predicted octanol–water partition coefficient (Wildman–Crippen LogP) is 3.99. The van der Waals surface area contributed by atoms with Gasteiger partial charge in [0.15, 0.2) is 0 Å². The number of hydrogen-bond acceptors (Lipinski definition) is 4. The highest BCUT2D eigenvalue weighted by molar-refractivity contribution is 5.92. The molecule has 29 heavy (non-hydrogen) atoms. The van der Waals surface area contributed by atoms with E-state index in [4.69, 9.17) is 10.5 Å². The van der Waals surface area contributed by atoms with E-state index in [0.717, 1.165) is 21.6 Å². The Labute approximate surface area is 166 Å². The summed E-state index contributed by atoms with van der Waals surface area (Å²) in [6.45, 7) is 0.172. The highest BCUT2D eigenvalue weighted by Crippen LogP contribution is 2.32. The molecule has 0 aliphatic carbocycles. The first-order chi connectivity index (χ1) is 13.7. The van der Waals surface area contributed by atoms with Crippen LogP contribution >= 0.6 is 0 Å². The Bertz CT molecular complexity index is 902. The van der Waals surface area contributed by atoms with Crippen molar-refractivity contribution in [2.24, 2.45) is 0 Å². The summed E-state index contributed by atoms with van der Waals surface area (Å²) in [6.07, 6.45) is -3.87. The van der Waals surface area contributed by atoms with Crippen LogP contribution in [0.25, 0.3) is 11.1 Å². The maximum Gasteiger partial charge on any atom is 0.471 e. The minimum Gasteiger partial charge on any atom is -0.465 e. The monoisotopic (exact) mass is 406 g/mol. The fourth-order valence-corrected chi connectivity index (χ4v) is 3.60. The van der Waals surface area contributed by atoms with Crippen LogP contribution in [0, 0.1) is 0 Å². The van der Waals surface area contributed by atoms with Crippen molar-refractivity contribution >= 4 is 17.6 Å². The molecular formula is C21H21F3N2O3. The number of piperidine rings is 1. The molecule has 0 radical (unpaired) electrons. The molecule has 0 bridgehead atoms. The Hall–Kier alpha value is -3.03. The number of carbonyl (C=O) groups excluding carboxylic acids is 2. The number of anilines is 1. The van der Waals surface area contributed by atoms with E-state index in [2.05, 4.69) is 0 Å². The normalized spacial score (nSPS) is 15.2. The van der Waals surface area contributed by atoms with E-state index in [-0.39, 0.29) is 19.0 Å². The van der Waals surface area contributed by atoms with Gasteiger partial charge >= 0.3 is 18.1 Å². The average molecular weight is 406 g/mol.